The maximum Gasteiger partial charge on any atom is 0.261 e. The fraction of sp³-hybridized carbons (Fsp3) is 0.261. The van der Waals surface area contributed by atoms with Crippen LogP contribution in [0.5, 0.6) is 0 Å². The number of halogens is 1. The zero-order valence-corrected chi connectivity index (χ0v) is 17.0. The number of ether oxygens (including phenoxy) is 1. The molecule has 150 valence electrons. The first-order valence-corrected chi connectivity index (χ1v) is 10.5. The van der Waals surface area contributed by atoms with Gasteiger partial charge in [-0.15, -0.1) is 11.3 Å². The SMILES string of the molecule is CC(NC(=O)c1ccc(-c2ccc(F)cc2)s1)c1ccc(N2CCOCC2)cc1. The number of hydrogen-bond acceptors (Lipinski definition) is 4. The summed E-state index contributed by atoms with van der Waals surface area (Å²) in [6, 6.07) is 18.2. The molecule has 0 bridgehead atoms. The molecule has 0 spiro atoms. The van der Waals surface area contributed by atoms with E-state index in [1.54, 1.807) is 12.1 Å². The lowest BCUT2D eigenvalue weighted by Crippen LogP contribution is -2.36. The molecule has 1 N–H and O–H groups in total. The van der Waals surface area contributed by atoms with Gasteiger partial charge < -0.3 is 15.0 Å². The van der Waals surface area contributed by atoms with Crippen molar-refractivity contribution in [1.82, 2.24) is 5.32 Å². The maximum absolute atomic E-state index is 13.1. The van der Waals surface area contributed by atoms with Gasteiger partial charge >= 0.3 is 0 Å². The highest BCUT2D eigenvalue weighted by Gasteiger charge is 2.15. The van der Waals surface area contributed by atoms with Gasteiger partial charge in [0.25, 0.3) is 5.91 Å². The summed E-state index contributed by atoms with van der Waals surface area (Å²) < 4.78 is 18.5. The molecule has 4 rings (SSSR count). The molecule has 29 heavy (non-hydrogen) atoms. The van der Waals surface area contributed by atoms with E-state index in [0.717, 1.165) is 42.3 Å². The Morgan fingerprint density at radius 2 is 1.72 bits per heavy atom. The highest BCUT2D eigenvalue weighted by Crippen LogP contribution is 2.29. The molecule has 1 aliphatic heterocycles. The standard InChI is InChI=1S/C23H23FN2O2S/c1-16(17-4-8-20(9-5-17)26-12-14-28-15-13-26)25-23(27)22-11-10-21(29-22)18-2-6-19(24)7-3-18/h2-11,16H,12-15H2,1H3,(H,25,27). The van der Waals surface area contributed by atoms with Crippen LogP contribution >= 0.6 is 11.3 Å². The van der Waals surface area contributed by atoms with Crippen molar-refractivity contribution in [1.29, 1.82) is 0 Å². The molecule has 1 amide bonds. The average Bonchev–Trinajstić information content (AvgIpc) is 3.25. The van der Waals surface area contributed by atoms with Gasteiger partial charge in [0.05, 0.1) is 24.1 Å². The Labute approximate surface area is 173 Å². The van der Waals surface area contributed by atoms with E-state index in [2.05, 4.69) is 34.5 Å². The molecule has 3 aromatic rings. The van der Waals surface area contributed by atoms with Gasteiger partial charge in [0.2, 0.25) is 0 Å². The van der Waals surface area contributed by atoms with Gasteiger partial charge in [-0.3, -0.25) is 4.79 Å². The second kappa shape index (κ2) is 8.76. The minimum absolute atomic E-state index is 0.0994. The van der Waals surface area contributed by atoms with Crippen molar-refractivity contribution in [2.45, 2.75) is 13.0 Å². The smallest absolute Gasteiger partial charge is 0.261 e. The van der Waals surface area contributed by atoms with E-state index in [1.807, 2.05) is 19.1 Å². The number of nitrogens with zero attached hydrogens (tertiary/aromatic N) is 1. The van der Waals surface area contributed by atoms with Gasteiger partial charge in [0, 0.05) is 23.7 Å². The van der Waals surface area contributed by atoms with Gasteiger partial charge in [-0.25, -0.2) is 4.39 Å². The van der Waals surface area contributed by atoms with E-state index in [4.69, 9.17) is 4.74 Å². The van der Waals surface area contributed by atoms with Crippen molar-refractivity contribution in [3.63, 3.8) is 0 Å². The molecular weight excluding hydrogens is 387 g/mol. The number of benzene rings is 2. The number of carbonyl (C=O) groups is 1. The summed E-state index contributed by atoms with van der Waals surface area (Å²) in [6.07, 6.45) is 0. The van der Waals surface area contributed by atoms with Crippen molar-refractivity contribution >= 4 is 22.9 Å². The van der Waals surface area contributed by atoms with Crippen LogP contribution in [0.3, 0.4) is 0 Å². The van der Waals surface area contributed by atoms with Crippen LogP contribution in [0.15, 0.2) is 60.7 Å². The first-order chi connectivity index (χ1) is 14.1. The fourth-order valence-electron chi connectivity index (χ4n) is 3.38. The van der Waals surface area contributed by atoms with Crippen LogP contribution in [0.1, 0.15) is 28.2 Å². The Morgan fingerprint density at radius 1 is 1.03 bits per heavy atom. The summed E-state index contributed by atoms with van der Waals surface area (Å²) in [5, 5.41) is 3.06. The predicted molar refractivity (Wildman–Crippen MR) is 115 cm³/mol. The van der Waals surface area contributed by atoms with E-state index in [1.165, 1.54) is 29.2 Å². The van der Waals surface area contributed by atoms with Crippen molar-refractivity contribution in [2.24, 2.45) is 0 Å². The number of carbonyl (C=O) groups excluding carboxylic acids is 1. The van der Waals surface area contributed by atoms with E-state index < -0.39 is 0 Å². The molecule has 1 aliphatic rings. The third kappa shape index (κ3) is 4.66. The summed E-state index contributed by atoms with van der Waals surface area (Å²) >= 11 is 1.41. The number of hydrogen-bond donors (Lipinski definition) is 1. The molecule has 1 aromatic heterocycles. The monoisotopic (exact) mass is 410 g/mol. The lowest BCUT2D eigenvalue weighted by molar-refractivity contribution is 0.0944. The van der Waals surface area contributed by atoms with Crippen LogP contribution in [0, 0.1) is 5.82 Å². The number of amides is 1. The molecule has 0 aliphatic carbocycles. The molecule has 1 fully saturated rings. The molecule has 6 heteroatoms. The van der Waals surface area contributed by atoms with Gasteiger partial charge in [-0.2, -0.15) is 0 Å². The quantitative estimate of drug-likeness (QED) is 0.652. The normalized spacial score (nSPS) is 15.2. The first kappa shape index (κ1) is 19.6. The van der Waals surface area contributed by atoms with Gasteiger partial charge in [0.1, 0.15) is 5.82 Å². The predicted octanol–water partition coefficient (Wildman–Crippen LogP) is 4.88. The lowest BCUT2D eigenvalue weighted by atomic mass is 10.1. The molecule has 0 radical (unpaired) electrons. The number of thiophene rings is 1. The number of morpholine rings is 1. The molecule has 0 saturated carbocycles. The maximum atomic E-state index is 13.1. The van der Waals surface area contributed by atoms with Crippen molar-refractivity contribution in [3.8, 4) is 10.4 Å². The number of nitrogens with one attached hydrogen (secondary N) is 1. The Hall–Kier alpha value is -2.70. The Bertz CT molecular complexity index is 963. The molecule has 2 aromatic carbocycles. The first-order valence-electron chi connectivity index (χ1n) is 9.69. The largest absolute Gasteiger partial charge is 0.378 e. The molecule has 1 unspecified atom stereocenters. The van der Waals surface area contributed by atoms with Crippen molar-refractivity contribution in [3.05, 3.63) is 76.9 Å². The molecule has 4 nitrogen and oxygen atoms in total. The van der Waals surface area contributed by atoms with Gasteiger partial charge in [0.15, 0.2) is 0 Å². The van der Waals surface area contributed by atoms with Crippen LogP contribution in [0.2, 0.25) is 0 Å². The second-order valence-corrected chi connectivity index (χ2v) is 8.14. The summed E-state index contributed by atoms with van der Waals surface area (Å²) in [5.74, 6) is -0.371. The van der Waals surface area contributed by atoms with Crippen LogP contribution in [0.25, 0.3) is 10.4 Å². The third-order valence-electron chi connectivity index (χ3n) is 5.08. The van der Waals surface area contributed by atoms with E-state index in [9.17, 15) is 9.18 Å². The minimum atomic E-state index is -0.267. The Balaban J connectivity index is 1.39. The highest BCUT2D eigenvalue weighted by molar-refractivity contribution is 7.17. The second-order valence-electron chi connectivity index (χ2n) is 7.06. The summed E-state index contributed by atoms with van der Waals surface area (Å²) in [4.78, 5) is 16.5. The van der Waals surface area contributed by atoms with E-state index in [-0.39, 0.29) is 17.8 Å². The molecule has 1 saturated heterocycles. The topological polar surface area (TPSA) is 41.6 Å². The van der Waals surface area contributed by atoms with Crippen molar-refractivity contribution in [2.75, 3.05) is 31.2 Å². The Kier molecular flexibility index (Phi) is 5.92. The molecule has 2 heterocycles. The van der Waals surface area contributed by atoms with Crippen LogP contribution in [0.4, 0.5) is 10.1 Å². The fourth-order valence-corrected chi connectivity index (χ4v) is 4.29. The zero-order chi connectivity index (χ0) is 20.2. The van der Waals surface area contributed by atoms with Gasteiger partial charge in [-0.1, -0.05) is 24.3 Å². The van der Waals surface area contributed by atoms with Crippen LogP contribution < -0.4 is 10.2 Å². The summed E-state index contributed by atoms with van der Waals surface area (Å²) in [6.45, 7) is 5.31. The van der Waals surface area contributed by atoms with Crippen LogP contribution in [-0.4, -0.2) is 32.2 Å². The molecule has 1 atom stereocenters. The highest BCUT2D eigenvalue weighted by atomic mass is 32.1. The number of anilines is 1. The zero-order valence-electron chi connectivity index (χ0n) is 16.2. The van der Waals surface area contributed by atoms with Crippen LogP contribution in [-0.2, 0) is 4.74 Å². The van der Waals surface area contributed by atoms with Crippen molar-refractivity contribution < 1.29 is 13.9 Å². The lowest BCUT2D eigenvalue weighted by Gasteiger charge is -2.29. The third-order valence-corrected chi connectivity index (χ3v) is 6.21. The summed E-state index contributed by atoms with van der Waals surface area (Å²) in [5.41, 5.74) is 3.14. The number of rotatable bonds is 5. The average molecular weight is 411 g/mol. The molecular formula is C23H23FN2O2S. The minimum Gasteiger partial charge on any atom is -0.378 e. The van der Waals surface area contributed by atoms with E-state index in [0.29, 0.717) is 4.88 Å². The summed E-state index contributed by atoms with van der Waals surface area (Å²) in [7, 11) is 0. The van der Waals surface area contributed by atoms with Gasteiger partial charge in [-0.05, 0) is 54.4 Å². The van der Waals surface area contributed by atoms with E-state index >= 15 is 0 Å². The Morgan fingerprint density at radius 3 is 2.41 bits per heavy atom.